The van der Waals surface area contributed by atoms with E-state index in [4.69, 9.17) is 0 Å². The van der Waals surface area contributed by atoms with E-state index in [2.05, 4.69) is 18.9 Å². The first kappa shape index (κ1) is 27.2. The molecule has 12 heteroatoms. The Bertz CT molecular complexity index is 986. The number of alkyl halides is 4. The van der Waals surface area contributed by atoms with E-state index >= 15 is 0 Å². The fourth-order valence-electron chi connectivity index (χ4n) is 3.35. The van der Waals surface area contributed by atoms with Crippen molar-refractivity contribution in [1.29, 1.82) is 0 Å². The van der Waals surface area contributed by atoms with Crippen molar-refractivity contribution in [2.24, 2.45) is 0 Å². The lowest BCUT2D eigenvalue weighted by Crippen LogP contribution is -2.50. The molecule has 0 spiro atoms. The summed E-state index contributed by atoms with van der Waals surface area (Å²) in [7, 11) is 0. The van der Waals surface area contributed by atoms with E-state index in [1.165, 1.54) is 6.07 Å². The van der Waals surface area contributed by atoms with Gasteiger partial charge in [0.2, 0.25) is 0 Å². The highest BCUT2D eigenvalue weighted by atomic mass is 19.3. The number of unbranched alkanes of at least 4 members (excludes halogenated alkanes) is 2. The molecule has 35 heavy (non-hydrogen) atoms. The van der Waals surface area contributed by atoms with Gasteiger partial charge in [-0.3, -0.25) is 0 Å². The summed E-state index contributed by atoms with van der Waals surface area (Å²) in [4.78, 5) is 0. The minimum absolute atomic E-state index is 0.186. The summed E-state index contributed by atoms with van der Waals surface area (Å²) in [5, 5.41) is 0. The minimum Gasteiger partial charge on any atom is -0.429 e. The zero-order chi connectivity index (χ0) is 25.8. The van der Waals surface area contributed by atoms with Crippen LogP contribution in [-0.4, -0.2) is 31.7 Å². The van der Waals surface area contributed by atoms with E-state index < -0.39 is 72.4 Å². The van der Waals surface area contributed by atoms with Gasteiger partial charge in [-0.2, -0.15) is 17.6 Å². The SMILES string of the molecule is CCCCCc1ccc(C(F)(F)OC2COC(C(F)(F)Oc3cc(F)c(F)c(F)c3)OC2)c(F)c1. The predicted molar refractivity (Wildman–Crippen MR) is 106 cm³/mol. The van der Waals surface area contributed by atoms with Gasteiger partial charge in [0.1, 0.15) is 17.7 Å². The van der Waals surface area contributed by atoms with Gasteiger partial charge in [-0.25, -0.2) is 17.6 Å². The Hall–Kier alpha value is -2.44. The van der Waals surface area contributed by atoms with Crippen LogP contribution in [0.2, 0.25) is 0 Å². The molecule has 0 unspecified atom stereocenters. The molecule has 4 nitrogen and oxygen atoms in total. The molecule has 0 radical (unpaired) electrons. The maximum atomic E-state index is 14.5. The van der Waals surface area contributed by atoms with Crippen molar-refractivity contribution in [2.75, 3.05) is 13.2 Å². The van der Waals surface area contributed by atoms with Crippen LogP contribution in [0.4, 0.5) is 35.1 Å². The molecule has 2 aromatic rings. The van der Waals surface area contributed by atoms with Crippen molar-refractivity contribution >= 4 is 0 Å². The summed E-state index contributed by atoms with van der Waals surface area (Å²) in [6, 6.07) is 3.61. The molecule has 0 N–H and O–H groups in total. The van der Waals surface area contributed by atoms with Crippen molar-refractivity contribution in [1.82, 2.24) is 0 Å². The molecule has 1 heterocycles. The lowest BCUT2D eigenvalue weighted by molar-refractivity contribution is -0.377. The fraction of sp³-hybridized carbons (Fsp3) is 0.478. The summed E-state index contributed by atoms with van der Waals surface area (Å²) in [5.41, 5.74) is -0.487. The van der Waals surface area contributed by atoms with E-state index in [1.54, 1.807) is 0 Å². The second-order valence-corrected chi connectivity index (χ2v) is 7.89. The maximum absolute atomic E-state index is 14.5. The number of rotatable bonds is 10. The van der Waals surface area contributed by atoms with E-state index in [1.807, 2.05) is 6.92 Å². The second-order valence-electron chi connectivity index (χ2n) is 7.89. The molecule has 0 saturated carbocycles. The molecule has 1 aliphatic heterocycles. The average Bonchev–Trinajstić information content (AvgIpc) is 2.77. The van der Waals surface area contributed by atoms with Crippen molar-refractivity contribution in [2.45, 2.75) is 57.2 Å². The van der Waals surface area contributed by atoms with Crippen LogP contribution >= 0.6 is 0 Å². The molecule has 0 amide bonds. The van der Waals surface area contributed by atoms with Crippen molar-refractivity contribution in [3.63, 3.8) is 0 Å². The van der Waals surface area contributed by atoms with Gasteiger partial charge in [-0.05, 0) is 30.5 Å². The van der Waals surface area contributed by atoms with E-state index in [0.29, 0.717) is 12.0 Å². The molecule has 1 fully saturated rings. The van der Waals surface area contributed by atoms with Crippen LogP contribution in [0, 0.1) is 23.3 Å². The number of aryl methyl sites for hydroxylation is 1. The highest BCUT2D eigenvalue weighted by Crippen LogP contribution is 2.36. The summed E-state index contributed by atoms with van der Waals surface area (Å²) in [5.74, 6) is -7.65. The second kappa shape index (κ2) is 11.1. The third-order valence-corrected chi connectivity index (χ3v) is 5.08. The Kier molecular flexibility index (Phi) is 8.60. The van der Waals surface area contributed by atoms with Crippen LogP contribution in [0.1, 0.15) is 37.3 Å². The quantitative estimate of drug-likeness (QED) is 0.207. The van der Waals surface area contributed by atoms with Gasteiger partial charge in [0, 0.05) is 12.1 Å². The summed E-state index contributed by atoms with van der Waals surface area (Å²) in [6.07, 6.45) is -9.29. The first-order valence-electron chi connectivity index (χ1n) is 10.7. The molecule has 1 aliphatic rings. The molecular formula is C23H22F8O4. The van der Waals surface area contributed by atoms with E-state index in [-0.39, 0.29) is 12.1 Å². The van der Waals surface area contributed by atoms with Crippen LogP contribution in [0.15, 0.2) is 30.3 Å². The first-order valence-corrected chi connectivity index (χ1v) is 10.7. The van der Waals surface area contributed by atoms with E-state index in [9.17, 15) is 35.1 Å². The van der Waals surface area contributed by atoms with Gasteiger partial charge >= 0.3 is 12.2 Å². The Morgan fingerprint density at radius 2 is 1.51 bits per heavy atom. The third-order valence-electron chi connectivity index (χ3n) is 5.08. The van der Waals surface area contributed by atoms with Gasteiger partial charge in [-0.15, -0.1) is 0 Å². The topological polar surface area (TPSA) is 36.9 Å². The van der Waals surface area contributed by atoms with Gasteiger partial charge in [0.05, 0.1) is 18.8 Å². The number of ether oxygens (including phenoxy) is 4. The Balaban J connectivity index is 1.58. The smallest absolute Gasteiger partial charge is 0.429 e. The van der Waals surface area contributed by atoms with Crippen LogP contribution in [-0.2, 0) is 26.7 Å². The van der Waals surface area contributed by atoms with Crippen LogP contribution < -0.4 is 4.74 Å². The Labute approximate surface area is 195 Å². The van der Waals surface area contributed by atoms with Gasteiger partial charge in [0.15, 0.2) is 17.5 Å². The first-order chi connectivity index (χ1) is 16.4. The lowest BCUT2D eigenvalue weighted by Gasteiger charge is -2.34. The zero-order valence-electron chi connectivity index (χ0n) is 18.4. The van der Waals surface area contributed by atoms with Gasteiger partial charge in [-0.1, -0.05) is 25.8 Å². The minimum atomic E-state index is -4.33. The third kappa shape index (κ3) is 6.83. The normalized spacial score (nSPS) is 19.1. The highest BCUT2D eigenvalue weighted by molar-refractivity contribution is 5.27. The lowest BCUT2D eigenvalue weighted by atomic mass is 10.0. The highest BCUT2D eigenvalue weighted by Gasteiger charge is 2.49. The van der Waals surface area contributed by atoms with Crippen LogP contribution in [0.5, 0.6) is 5.75 Å². The fourth-order valence-corrected chi connectivity index (χ4v) is 3.35. The molecule has 194 valence electrons. The maximum Gasteiger partial charge on any atom is 0.451 e. The van der Waals surface area contributed by atoms with Gasteiger partial charge in [0.25, 0.3) is 6.29 Å². The molecule has 0 aromatic heterocycles. The zero-order valence-corrected chi connectivity index (χ0v) is 18.4. The molecule has 0 atom stereocenters. The summed E-state index contributed by atoms with van der Waals surface area (Å²) in [6.45, 7) is 0.356. The molecule has 2 aromatic carbocycles. The predicted octanol–water partition coefficient (Wildman–Crippen LogP) is 6.45. The standard InChI is InChI=1S/C23H22F8O4/c1-2-3-4-5-13-6-7-16(17(24)8-13)22(28,29)35-15-11-32-21(33-12-15)23(30,31)34-14-9-18(25)20(27)19(26)10-14/h6-10,15,21H,2-5,11-12H2,1H3. The molecule has 3 rings (SSSR count). The van der Waals surface area contributed by atoms with Crippen molar-refractivity contribution < 1.29 is 54.1 Å². The molecule has 0 aliphatic carbocycles. The molecule has 1 saturated heterocycles. The van der Waals surface area contributed by atoms with Crippen LogP contribution in [0.25, 0.3) is 0 Å². The van der Waals surface area contributed by atoms with Crippen LogP contribution in [0.3, 0.4) is 0 Å². The van der Waals surface area contributed by atoms with Gasteiger partial charge < -0.3 is 18.9 Å². The Morgan fingerprint density at radius 1 is 0.886 bits per heavy atom. The number of benzene rings is 2. The number of hydrogen-bond donors (Lipinski definition) is 0. The van der Waals surface area contributed by atoms with E-state index in [0.717, 1.165) is 31.4 Å². The Morgan fingerprint density at radius 3 is 2.09 bits per heavy atom. The average molecular weight is 514 g/mol. The van der Waals surface area contributed by atoms with Crippen molar-refractivity contribution in [3.05, 3.63) is 64.7 Å². The largest absolute Gasteiger partial charge is 0.451 e. The van der Waals surface area contributed by atoms with Crippen molar-refractivity contribution in [3.8, 4) is 5.75 Å². The number of hydrogen-bond acceptors (Lipinski definition) is 4. The number of halogens is 8. The molecular weight excluding hydrogens is 492 g/mol. The summed E-state index contributed by atoms with van der Waals surface area (Å²) < 4.78 is 129. The summed E-state index contributed by atoms with van der Waals surface area (Å²) >= 11 is 0. The molecule has 0 bridgehead atoms. The monoisotopic (exact) mass is 514 g/mol.